The third-order valence-corrected chi connectivity index (χ3v) is 3.28. The summed E-state index contributed by atoms with van der Waals surface area (Å²) in [6.45, 7) is 1.10. The highest BCUT2D eigenvalue weighted by molar-refractivity contribution is 6.13. The Morgan fingerprint density at radius 3 is 1.90 bits per heavy atom. The molecular formula is C18H17FN2. The van der Waals surface area contributed by atoms with Crippen LogP contribution in [0, 0.1) is 11.3 Å². The van der Waals surface area contributed by atoms with Gasteiger partial charge in [-0.2, -0.15) is 5.26 Å². The molecule has 106 valence electrons. The molecule has 0 aliphatic heterocycles. The lowest BCUT2D eigenvalue weighted by molar-refractivity contribution is 0.411. The Balaban J connectivity index is 2.55. The quantitative estimate of drug-likeness (QED) is 0.757. The second-order valence-electron chi connectivity index (χ2n) is 5.02. The molecule has 0 saturated carbocycles. The lowest BCUT2D eigenvalue weighted by Gasteiger charge is -2.18. The molecule has 1 unspecified atom stereocenters. The molecule has 0 radical (unpaired) electrons. The van der Waals surface area contributed by atoms with Gasteiger partial charge in [0.15, 0.2) is 0 Å². The Hall–Kier alpha value is -2.47. The molecule has 0 saturated heterocycles. The molecule has 0 amide bonds. The monoisotopic (exact) mass is 280 g/mol. The van der Waals surface area contributed by atoms with Crippen LogP contribution in [0.1, 0.15) is 24.5 Å². The fourth-order valence-electron chi connectivity index (χ4n) is 2.06. The molecule has 3 heteroatoms. The van der Waals surface area contributed by atoms with Gasteiger partial charge in [0.1, 0.15) is 5.54 Å². The van der Waals surface area contributed by atoms with E-state index in [0.717, 1.165) is 11.1 Å². The van der Waals surface area contributed by atoms with Crippen LogP contribution in [0.5, 0.6) is 0 Å². The van der Waals surface area contributed by atoms with E-state index in [1.54, 1.807) is 6.92 Å². The molecule has 21 heavy (non-hydrogen) atoms. The second-order valence-corrected chi connectivity index (χ2v) is 5.02. The summed E-state index contributed by atoms with van der Waals surface area (Å²) in [5.41, 5.74) is 1.50. The highest BCUT2D eigenvalue weighted by Crippen LogP contribution is 2.20. The summed E-state index contributed by atoms with van der Waals surface area (Å²) >= 11 is 0. The number of alkyl halides is 1. The third kappa shape index (κ3) is 3.76. The maximum Gasteiger partial charge on any atom is 0.147 e. The largest absolute Gasteiger partial charge is 0.262 e. The minimum Gasteiger partial charge on any atom is -0.262 e. The van der Waals surface area contributed by atoms with E-state index in [1.807, 2.05) is 60.7 Å². The van der Waals surface area contributed by atoms with Gasteiger partial charge in [-0.1, -0.05) is 60.7 Å². The molecule has 2 rings (SSSR count). The molecule has 0 N–H and O–H groups in total. The van der Waals surface area contributed by atoms with Crippen LogP contribution in [0.4, 0.5) is 4.39 Å². The predicted molar refractivity (Wildman–Crippen MR) is 83.1 cm³/mol. The summed E-state index contributed by atoms with van der Waals surface area (Å²) < 4.78 is 12.7. The first-order chi connectivity index (χ1) is 10.2. The van der Waals surface area contributed by atoms with Gasteiger partial charge in [0, 0.05) is 17.5 Å². The number of hydrogen-bond donors (Lipinski definition) is 0. The average Bonchev–Trinajstić information content (AvgIpc) is 2.55. The third-order valence-electron chi connectivity index (χ3n) is 3.28. The van der Waals surface area contributed by atoms with Crippen molar-refractivity contribution in [1.82, 2.24) is 0 Å². The predicted octanol–water partition coefficient (Wildman–Crippen LogP) is 4.17. The number of aliphatic imine (C=N–C) groups is 1. The topological polar surface area (TPSA) is 36.1 Å². The number of halogens is 1. The maximum absolute atomic E-state index is 12.7. The van der Waals surface area contributed by atoms with Gasteiger partial charge in [-0.25, -0.2) is 0 Å². The summed E-state index contributed by atoms with van der Waals surface area (Å²) in [7, 11) is 0. The van der Waals surface area contributed by atoms with E-state index < -0.39 is 12.2 Å². The van der Waals surface area contributed by atoms with Crippen molar-refractivity contribution in [2.75, 3.05) is 6.67 Å². The molecule has 1 atom stereocenters. The highest BCUT2D eigenvalue weighted by Gasteiger charge is 2.24. The molecule has 0 heterocycles. The van der Waals surface area contributed by atoms with Gasteiger partial charge in [-0.3, -0.25) is 9.38 Å². The fraction of sp³-hybridized carbons (Fsp3) is 0.222. The Kier molecular flexibility index (Phi) is 4.84. The number of benzene rings is 2. The van der Waals surface area contributed by atoms with Crippen molar-refractivity contribution < 1.29 is 4.39 Å². The smallest absolute Gasteiger partial charge is 0.147 e. The lowest BCUT2D eigenvalue weighted by atomic mass is 9.97. The number of rotatable bonds is 5. The molecule has 0 aliphatic carbocycles. The molecule has 2 aromatic carbocycles. The van der Waals surface area contributed by atoms with Crippen LogP contribution < -0.4 is 0 Å². The molecule has 0 aromatic heterocycles. The number of nitriles is 1. The Bertz CT molecular complexity index is 602. The van der Waals surface area contributed by atoms with Gasteiger partial charge in [-0.15, -0.1) is 0 Å². The first kappa shape index (κ1) is 14.9. The van der Waals surface area contributed by atoms with E-state index in [9.17, 15) is 9.65 Å². The van der Waals surface area contributed by atoms with Crippen molar-refractivity contribution in [2.24, 2.45) is 4.99 Å². The van der Waals surface area contributed by atoms with Crippen LogP contribution in [0.2, 0.25) is 0 Å². The SMILES string of the molecule is CC(C#N)(CCF)N=C(c1ccccc1)c1ccccc1. The van der Waals surface area contributed by atoms with E-state index in [0.29, 0.717) is 5.71 Å². The summed E-state index contributed by atoms with van der Waals surface area (Å²) in [5.74, 6) is 0. The maximum atomic E-state index is 12.7. The number of hydrogen-bond acceptors (Lipinski definition) is 2. The minimum absolute atomic E-state index is 0.0899. The Labute approximate surface area is 124 Å². The van der Waals surface area contributed by atoms with Crippen molar-refractivity contribution in [3.05, 3.63) is 71.8 Å². The molecule has 0 aliphatic rings. The standard InChI is InChI=1S/C18H17FN2/c1-18(14-20,12-13-19)21-17(15-8-4-2-5-9-15)16-10-6-3-7-11-16/h2-11H,12-13H2,1H3. The van der Waals surface area contributed by atoms with Gasteiger partial charge in [0.2, 0.25) is 0 Å². The number of nitrogens with zero attached hydrogens (tertiary/aromatic N) is 2. The molecule has 2 nitrogen and oxygen atoms in total. The summed E-state index contributed by atoms with van der Waals surface area (Å²) in [5, 5.41) is 9.34. The molecule has 2 aromatic rings. The zero-order chi connectivity index (χ0) is 15.1. The molecule has 0 fully saturated rings. The Morgan fingerprint density at radius 1 is 1.05 bits per heavy atom. The van der Waals surface area contributed by atoms with E-state index >= 15 is 0 Å². The zero-order valence-electron chi connectivity index (χ0n) is 12.0. The van der Waals surface area contributed by atoms with Crippen molar-refractivity contribution in [1.29, 1.82) is 5.26 Å². The van der Waals surface area contributed by atoms with Crippen molar-refractivity contribution >= 4 is 5.71 Å². The van der Waals surface area contributed by atoms with Crippen LogP contribution in [-0.2, 0) is 0 Å². The van der Waals surface area contributed by atoms with E-state index in [2.05, 4.69) is 11.1 Å². The highest BCUT2D eigenvalue weighted by atomic mass is 19.1. The minimum atomic E-state index is -1.06. The van der Waals surface area contributed by atoms with Crippen molar-refractivity contribution in [2.45, 2.75) is 18.9 Å². The van der Waals surface area contributed by atoms with Crippen LogP contribution in [0.25, 0.3) is 0 Å². The first-order valence-corrected chi connectivity index (χ1v) is 6.86. The van der Waals surface area contributed by atoms with Gasteiger partial charge < -0.3 is 0 Å². The van der Waals surface area contributed by atoms with E-state index in [4.69, 9.17) is 0 Å². The zero-order valence-corrected chi connectivity index (χ0v) is 12.0. The van der Waals surface area contributed by atoms with Crippen LogP contribution in [0.3, 0.4) is 0 Å². The van der Waals surface area contributed by atoms with Crippen LogP contribution >= 0.6 is 0 Å². The van der Waals surface area contributed by atoms with E-state index in [1.165, 1.54) is 0 Å². The normalized spacial score (nSPS) is 13.0. The van der Waals surface area contributed by atoms with Gasteiger partial charge in [0.25, 0.3) is 0 Å². The summed E-state index contributed by atoms with van der Waals surface area (Å²) in [6.07, 6.45) is 0.0899. The molecular weight excluding hydrogens is 263 g/mol. The summed E-state index contributed by atoms with van der Waals surface area (Å²) in [6, 6.07) is 21.4. The first-order valence-electron chi connectivity index (χ1n) is 6.86. The van der Waals surface area contributed by atoms with Crippen molar-refractivity contribution in [3.8, 4) is 6.07 Å². The van der Waals surface area contributed by atoms with Crippen LogP contribution in [0.15, 0.2) is 65.7 Å². The Morgan fingerprint density at radius 2 is 1.52 bits per heavy atom. The van der Waals surface area contributed by atoms with Gasteiger partial charge >= 0.3 is 0 Å². The lowest BCUT2D eigenvalue weighted by Crippen LogP contribution is -2.23. The van der Waals surface area contributed by atoms with Gasteiger partial charge in [0.05, 0.1) is 18.5 Å². The van der Waals surface area contributed by atoms with Crippen molar-refractivity contribution in [3.63, 3.8) is 0 Å². The second kappa shape index (κ2) is 6.81. The molecule has 0 spiro atoms. The van der Waals surface area contributed by atoms with Crippen LogP contribution in [-0.4, -0.2) is 17.9 Å². The summed E-state index contributed by atoms with van der Waals surface area (Å²) in [4.78, 5) is 4.57. The van der Waals surface area contributed by atoms with E-state index in [-0.39, 0.29) is 6.42 Å². The fourth-order valence-corrected chi connectivity index (χ4v) is 2.06. The van der Waals surface area contributed by atoms with Gasteiger partial charge in [-0.05, 0) is 6.92 Å². The molecule has 0 bridgehead atoms. The average molecular weight is 280 g/mol.